The van der Waals surface area contributed by atoms with E-state index in [4.69, 9.17) is 19.4 Å². The van der Waals surface area contributed by atoms with Gasteiger partial charge in [-0.15, -0.1) is 0 Å². The van der Waals surface area contributed by atoms with Crippen molar-refractivity contribution < 1.29 is 23.9 Å². The SMILES string of the molecule is C=C(N[C@H](C(=O)N1CCC[C@H]1c1nc2ccc3cc(-c4ccc(-c5cnc([C@@H]6C[C@H](COC)CN6C(=O)[C@H](NC(=O)C6CC6)c6ccccc6)[nH]5)cc4)ccc3c2[nH]1)C(C)C)OC. The number of aromatic nitrogens is 4. The third kappa shape index (κ3) is 8.54. The first kappa shape index (κ1) is 41.9. The molecule has 0 unspecified atom stereocenters. The average Bonchev–Trinajstić information content (AvgIpc) is 3.66. The van der Waals surface area contributed by atoms with Crippen molar-refractivity contribution in [2.24, 2.45) is 17.8 Å². The lowest BCUT2D eigenvalue weighted by atomic mass is 9.99. The molecule has 0 spiro atoms. The second-order valence-corrected chi connectivity index (χ2v) is 17.7. The number of ether oxygens (including phenoxy) is 2. The second-order valence-electron chi connectivity index (χ2n) is 17.7. The fraction of sp³-hybridized carbons (Fsp3) is 0.380. The molecule has 1 saturated carbocycles. The van der Waals surface area contributed by atoms with Crippen LogP contribution in [0.3, 0.4) is 0 Å². The van der Waals surface area contributed by atoms with Crippen molar-refractivity contribution in [1.29, 1.82) is 0 Å². The minimum absolute atomic E-state index is 0.0203. The van der Waals surface area contributed by atoms with Crippen molar-refractivity contribution >= 4 is 39.5 Å². The topological polar surface area (TPSA) is 158 Å². The van der Waals surface area contributed by atoms with E-state index in [1.165, 1.54) is 0 Å². The number of imidazole rings is 2. The molecule has 4 heterocycles. The zero-order valence-corrected chi connectivity index (χ0v) is 36.4. The number of aromatic amines is 2. The van der Waals surface area contributed by atoms with E-state index in [0.29, 0.717) is 37.8 Å². The summed E-state index contributed by atoms with van der Waals surface area (Å²) in [6, 6.07) is 26.9. The van der Waals surface area contributed by atoms with Crippen LogP contribution < -0.4 is 10.6 Å². The Balaban J connectivity index is 0.924. The van der Waals surface area contributed by atoms with E-state index in [2.05, 4.69) is 75.7 Å². The maximum absolute atomic E-state index is 14.4. The molecule has 2 aliphatic heterocycles. The van der Waals surface area contributed by atoms with Gasteiger partial charge in [0, 0.05) is 37.4 Å². The van der Waals surface area contributed by atoms with Gasteiger partial charge in [0.1, 0.15) is 23.7 Å². The highest BCUT2D eigenvalue weighted by atomic mass is 16.5. The maximum Gasteiger partial charge on any atom is 0.250 e. The van der Waals surface area contributed by atoms with Gasteiger partial charge in [-0.1, -0.05) is 86.6 Å². The van der Waals surface area contributed by atoms with Crippen LogP contribution in [-0.2, 0) is 23.9 Å². The number of methoxy groups -OCH3 is 2. The molecule has 13 heteroatoms. The minimum atomic E-state index is -0.780. The smallest absolute Gasteiger partial charge is 0.250 e. The number of hydrogen-bond acceptors (Lipinski definition) is 8. The summed E-state index contributed by atoms with van der Waals surface area (Å²) in [5.74, 6) is 1.84. The molecule has 9 rings (SSSR count). The molecule has 63 heavy (non-hydrogen) atoms. The van der Waals surface area contributed by atoms with E-state index in [1.807, 2.05) is 66.2 Å². The predicted octanol–water partition coefficient (Wildman–Crippen LogP) is 7.97. The Kier molecular flexibility index (Phi) is 11.8. The lowest BCUT2D eigenvalue weighted by Gasteiger charge is -2.30. The largest absolute Gasteiger partial charge is 0.483 e. The van der Waals surface area contributed by atoms with E-state index in [0.717, 1.165) is 81.3 Å². The molecule has 13 nitrogen and oxygen atoms in total. The van der Waals surface area contributed by atoms with Gasteiger partial charge in [-0.2, -0.15) is 0 Å². The number of benzene rings is 4. The number of carbonyl (C=O) groups is 3. The first-order valence-corrected chi connectivity index (χ1v) is 22.1. The predicted molar refractivity (Wildman–Crippen MR) is 243 cm³/mol. The van der Waals surface area contributed by atoms with Crippen LogP contribution in [0.15, 0.2) is 104 Å². The number of carbonyl (C=O) groups excluding carboxylic acids is 3. The molecule has 326 valence electrons. The van der Waals surface area contributed by atoms with Crippen LogP contribution in [0, 0.1) is 17.8 Å². The van der Waals surface area contributed by atoms with E-state index in [1.54, 1.807) is 14.2 Å². The molecule has 6 aromatic rings. The quantitative estimate of drug-likeness (QED) is 0.0759. The summed E-state index contributed by atoms with van der Waals surface area (Å²) in [6.07, 6.45) is 5.98. The number of hydrogen-bond donors (Lipinski definition) is 4. The number of fused-ring (bicyclic) bond motifs is 3. The highest BCUT2D eigenvalue weighted by Gasteiger charge is 2.42. The van der Waals surface area contributed by atoms with Crippen molar-refractivity contribution in [3.63, 3.8) is 0 Å². The van der Waals surface area contributed by atoms with Gasteiger partial charge < -0.3 is 39.9 Å². The molecule has 0 bridgehead atoms. The van der Waals surface area contributed by atoms with Crippen LogP contribution in [0.4, 0.5) is 0 Å². The molecular formula is C50H56N8O5. The summed E-state index contributed by atoms with van der Waals surface area (Å²) in [6.45, 7) is 9.62. The molecule has 5 atom stereocenters. The van der Waals surface area contributed by atoms with Crippen LogP contribution in [0.2, 0.25) is 0 Å². The lowest BCUT2D eigenvalue weighted by Crippen LogP contribution is -2.48. The molecular weight excluding hydrogens is 793 g/mol. The zero-order chi connectivity index (χ0) is 43.8. The number of nitrogens with one attached hydrogen (secondary N) is 4. The molecule has 4 aromatic carbocycles. The van der Waals surface area contributed by atoms with E-state index < -0.39 is 12.1 Å². The van der Waals surface area contributed by atoms with Gasteiger partial charge in [0.25, 0.3) is 0 Å². The fourth-order valence-electron chi connectivity index (χ4n) is 9.39. The Hall–Kier alpha value is -6.47. The Morgan fingerprint density at radius 1 is 0.841 bits per heavy atom. The van der Waals surface area contributed by atoms with Gasteiger partial charge in [-0.25, -0.2) is 9.97 Å². The lowest BCUT2D eigenvalue weighted by molar-refractivity contribution is -0.138. The highest BCUT2D eigenvalue weighted by molar-refractivity contribution is 6.05. The maximum atomic E-state index is 14.4. The standard InChI is InChI=1S/C50H56N8O5/c1-29(2)43(52-30(3)63-5)49(60)57-23-9-12-41(57)47-53-39-22-20-37-25-36(19-21-38(37)45(39)55-47)32-13-15-33(16-14-32)40-26-51-46(54-40)42-24-31(28-62-4)27-58(42)50(61)44(34-10-7-6-8-11-34)56-48(59)35-17-18-35/h6-8,10-11,13-16,19-22,25-26,29,31,35,41-44,52H,3,9,12,17-18,23-24,27-28H2,1-2,4-5H3,(H,51,54)(H,53,55)(H,56,59)/t31-,41-,42-,43-,44+/m0/s1. The van der Waals surface area contributed by atoms with Gasteiger partial charge in [0.05, 0.1) is 48.7 Å². The van der Waals surface area contributed by atoms with Crippen LogP contribution in [0.5, 0.6) is 0 Å². The third-order valence-corrected chi connectivity index (χ3v) is 13.0. The average molecular weight is 849 g/mol. The Morgan fingerprint density at radius 2 is 1.60 bits per heavy atom. The van der Waals surface area contributed by atoms with Gasteiger partial charge in [-0.3, -0.25) is 14.4 Å². The van der Waals surface area contributed by atoms with Gasteiger partial charge in [0.2, 0.25) is 17.7 Å². The first-order chi connectivity index (χ1) is 30.6. The Bertz CT molecular complexity index is 2630. The van der Waals surface area contributed by atoms with Crippen LogP contribution in [0.25, 0.3) is 44.2 Å². The summed E-state index contributed by atoms with van der Waals surface area (Å²) in [7, 11) is 3.23. The molecule has 3 fully saturated rings. The summed E-state index contributed by atoms with van der Waals surface area (Å²) in [5, 5.41) is 8.39. The summed E-state index contributed by atoms with van der Waals surface area (Å²) >= 11 is 0. The van der Waals surface area contributed by atoms with E-state index in [-0.39, 0.29) is 47.6 Å². The number of nitrogens with zero attached hydrogens (tertiary/aromatic N) is 4. The van der Waals surface area contributed by atoms with Gasteiger partial charge >= 0.3 is 0 Å². The fourth-order valence-corrected chi connectivity index (χ4v) is 9.39. The minimum Gasteiger partial charge on any atom is -0.483 e. The van der Waals surface area contributed by atoms with Crippen LogP contribution in [0.1, 0.15) is 81.3 Å². The normalized spacial score (nSPS) is 19.7. The van der Waals surface area contributed by atoms with Crippen molar-refractivity contribution in [1.82, 2.24) is 40.4 Å². The Morgan fingerprint density at radius 3 is 2.33 bits per heavy atom. The van der Waals surface area contributed by atoms with Gasteiger partial charge in [-0.05, 0) is 84.4 Å². The summed E-state index contributed by atoms with van der Waals surface area (Å²) in [5.41, 5.74) is 6.59. The molecule has 2 saturated heterocycles. The number of H-pyrrole nitrogens is 2. The van der Waals surface area contributed by atoms with Crippen LogP contribution >= 0.6 is 0 Å². The monoisotopic (exact) mass is 848 g/mol. The molecule has 4 N–H and O–H groups in total. The van der Waals surface area contributed by atoms with Crippen molar-refractivity contribution in [2.75, 3.05) is 33.9 Å². The Labute approximate surface area is 367 Å². The number of amides is 3. The molecule has 3 aliphatic rings. The summed E-state index contributed by atoms with van der Waals surface area (Å²) in [4.78, 5) is 62.1. The third-order valence-electron chi connectivity index (χ3n) is 13.0. The van der Waals surface area contributed by atoms with Crippen molar-refractivity contribution in [3.8, 4) is 22.4 Å². The van der Waals surface area contributed by atoms with Gasteiger partial charge in [0.15, 0.2) is 5.88 Å². The molecule has 3 amide bonds. The first-order valence-electron chi connectivity index (χ1n) is 22.1. The van der Waals surface area contributed by atoms with Crippen molar-refractivity contribution in [3.05, 3.63) is 121 Å². The van der Waals surface area contributed by atoms with E-state index >= 15 is 0 Å². The summed E-state index contributed by atoms with van der Waals surface area (Å²) < 4.78 is 10.8. The second kappa shape index (κ2) is 17.7. The highest BCUT2D eigenvalue weighted by Crippen LogP contribution is 2.39. The molecule has 2 aromatic heterocycles. The van der Waals surface area contributed by atoms with E-state index in [9.17, 15) is 14.4 Å². The number of likely N-dealkylation sites (tertiary alicyclic amines) is 2. The zero-order valence-electron chi connectivity index (χ0n) is 36.4. The molecule has 1 aliphatic carbocycles. The molecule has 0 radical (unpaired) electrons. The van der Waals surface area contributed by atoms with Crippen LogP contribution in [-0.4, -0.2) is 87.4 Å². The van der Waals surface area contributed by atoms with Crippen molar-refractivity contribution in [2.45, 2.75) is 70.1 Å². The number of rotatable bonds is 15.